The fraction of sp³-hybridized carbons (Fsp3) is 0.462. The Balaban J connectivity index is 1.48. The molecule has 1 saturated carbocycles. The molecule has 0 radical (unpaired) electrons. The highest BCUT2D eigenvalue weighted by Crippen LogP contribution is 2.35. The lowest BCUT2D eigenvalue weighted by Crippen LogP contribution is -2.12. The Labute approximate surface area is 190 Å². The molecule has 1 aliphatic carbocycles. The quantitative estimate of drug-likeness (QED) is 0.284. The van der Waals surface area contributed by atoms with E-state index in [1.165, 1.54) is 43.2 Å². The van der Waals surface area contributed by atoms with Crippen molar-refractivity contribution in [3.8, 4) is 11.4 Å². The summed E-state index contributed by atoms with van der Waals surface area (Å²) < 4.78 is 8.46. The topological polar surface area (TPSA) is 39.9 Å². The number of nitrogens with zero attached hydrogens (tertiary/aromatic N) is 3. The molecule has 3 aromatic rings. The molecule has 4 nitrogen and oxygen atoms in total. The van der Waals surface area contributed by atoms with Crippen molar-refractivity contribution in [2.75, 3.05) is 12.4 Å². The van der Waals surface area contributed by atoms with E-state index in [0.717, 1.165) is 28.2 Å². The van der Waals surface area contributed by atoms with Crippen molar-refractivity contribution in [1.29, 1.82) is 0 Å². The highest BCUT2D eigenvalue weighted by Gasteiger charge is 2.24. The predicted molar refractivity (Wildman–Crippen MR) is 129 cm³/mol. The summed E-state index contributed by atoms with van der Waals surface area (Å²) in [5, 5.41) is 10.2. The highest BCUT2D eigenvalue weighted by molar-refractivity contribution is 7.99. The Morgan fingerprint density at radius 3 is 2.55 bits per heavy atom. The van der Waals surface area contributed by atoms with Gasteiger partial charge in [0, 0.05) is 17.4 Å². The van der Waals surface area contributed by atoms with Crippen LogP contribution in [0.15, 0.2) is 53.7 Å². The number of ether oxygens (including phenoxy) is 1. The number of thioether (sulfide) groups is 1. The maximum atomic E-state index is 6.19. The van der Waals surface area contributed by atoms with E-state index in [9.17, 15) is 0 Å². The Kier molecular flexibility index (Phi) is 7.33. The van der Waals surface area contributed by atoms with Crippen LogP contribution in [0.1, 0.15) is 74.7 Å². The molecule has 0 atom stereocenters. The molecule has 0 spiro atoms. The van der Waals surface area contributed by atoms with E-state index in [4.69, 9.17) is 4.74 Å². The molecule has 1 heterocycles. The number of aryl methyl sites for hydroxylation is 1. The lowest BCUT2D eigenvalue weighted by molar-refractivity contribution is 0.338. The van der Waals surface area contributed by atoms with Crippen molar-refractivity contribution < 1.29 is 4.74 Å². The summed E-state index contributed by atoms with van der Waals surface area (Å²) in [5.74, 6) is 3.91. The molecule has 0 saturated heterocycles. The van der Waals surface area contributed by atoms with Crippen LogP contribution in [0, 0.1) is 6.92 Å². The second-order valence-electron chi connectivity index (χ2n) is 8.74. The van der Waals surface area contributed by atoms with E-state index in [0.29, 0.717) is 18.4 Å². The summed E-state index contributed by atoms with van der Waals surface area (Å²) in [6, 6.07) is 17.0. The number of para-hydroxylation sites is 1. The zero-order chi connectivity index (χ0) is 21.6. The van der Waals surface area contributed by atoms with Gasteiger partial charge in [-0.15, -0.1) is 10.2 Å². The van der Waals surface area contributed by atoms with Gasteiger partial charge in [0.1, 0.15) is 11.6 Å². The van der Waals surface area contributed by atoms with E-state index >= 15 is 0 Å². The van der Waals surface area contributed by atoms with Gasteiger partial charge >= 0.3 is 0 Å². The molecule has 2 aromatic carbocycles. The highest BCUT2D eigenvalue weighted by atomic mass is 32.2. The molecular formula is C26H33N3OS. The monoisotopic (exact) mass is 435 g/mol. The van der Waals surface area contributed by atoms with Gasteiger partial charge in [-0.1, -0.05) is 75.2 Å². The average molecular weight is 436 g/mol. The van der Waals surface area contributed by atoms with Gasteiger partial charge in [0.05, 0.1) is 6.61 Å². The zero-order valence-corrected chi connectivity index (χ0v) is 19.7. The molecule has 4 rings (SSSR count). The Hall–Kier alpha value is -2.27. The molecule has 0 unspecified atom stereocenters. The van der Waals surface area contributed by atoms with Crippen LogP contribution in [-0.4, -0.2) is 27.1 Å². The van der Waals surface area contributed by atoms with Gasteiger partial charge in [-0.05, 0) is 55.0 Å². The first-order valence-corrected chi connectivity index (χ1v) is 12.5. The molecular weight excluding hydrogens is 402 g/mol. The van der Waals surface area contributed by atoms with Crippen LogP contribution in [0.25, 0.3) is 5.69 Å². The molecule has 0 N–H and O–H groups in total. The van der Waals surface area contributed by atoms with Crippen LogP contribution in [-0.2, 0) is 0 Å². The number of aromatic nitrogens is 3. The first kappa shape index (κ1) is 21.9. The Morgan fingerprint density at radius 2 is 1.81 bits per heavy atom. The van der Waals surface area contributed by atoms with Gasteiger partial charge in [0.15, 0.2) is 5.16 Å². The second kappa shape index (κ2) is 10.4. The summed E-state index contributed by atoms with van der Waals surface area (Å²) >= 11 is 1.73. The standard InChI is InChI=1S/C26H33N3OS/c1-19(2)23-15-14-20(3)18-24(23)30-16-17-31-26-28-27-25(21-10-6-4-7-11-21)29(26)22-12-8-5-9-13-22/h5,8-9,12-15,18-19,21H,4,6-7,10-11,16-17H2,1-3H3. The lowest BCUT2D eigenvalue weighted by Gasteiger charge is -2.22. The fourth-order valence-electron chi connectivity index (χ4n) is 4.35. The molecule has 0 amide bonds. The van der Waals surface area contributed by atoms with Crippen LogP contribution in [0.4, 0.5) is 0 Å². The molecule has 5 heteroatoms. The summed E-state index contributed by atoms with van der Waals surface area (Å²) in [7, 11) is 0. The minimum atomic E-state index is 0.447. The summed E-state index contributed by atoms with van der Waals surface area (Å²) in [5.41, 5.74) is 3.65. The summed E-state index contributed by atoms with van der Waals surface area (Å²) in [4.78, 5) is 0. The van der Waals surface area contributed by atoms with Gasteiger partial charge in [0.2, 0.25) is 0 Å². The van der Waals surface area contributed by atoms with Crippen LogP contribution in [0.3, 0.4) is 0 Å². The molecule has 0 bridgehead atoms. The smallest absolute Gasteiger partial charge is 0.195 e. The normalized spacial score (nSPS) is 14.8. The largest absolute Gasteiger partial charge is 0.492 e. The lowest BCUT2D eigenvalue weighted by atomic mass is 9.88. The number of benzene rings is 2. The first-order valence-electron chi connectivity index (χ1n) is 11.5. The predicted octanol–water partition coefficient (Wildman–Crippen LogP) is 6.92. The maximum Gasteiger partial charge on any atom is 0.195 e. The molecule has 31 heavy (non-hydrogen) atoms. The van der Waals surface area contributed by atoms with Crippen LogP contribution in [0.2, 0.25) is 0 Å². The summed E-state index contributed by atoms with van der Waals surface area (Å²) in [6.07, 6.45) is 6.34. The van der Waals surface area contributed by atoms with E-state index in [-0.39, 0.29) is 0 Å². The number of hydrogen-bond acceptors (Lipinski definition) is 4. The average Bonchev–Trinajstić information content (AvgIpc) is 3.21. The minimum Gasteiger partial charge on any atom is -0.492 e. The van der Waals surface area contributed by atoms with Gasteiger partial charge in [0.25, 0.3) is 0 Å². The Bertz CT molecular complexity index is 978. The third-order valence-corrected chi connectivity index (χ3v) is 6.90. The summed E-state index contributed by atoms with van der Waals surface area (Å²) in [6.45, 7) is 7.18. The molecule has 164 valence electrons. The number of rotatable bonds is 8. The van der Waals surface area contributed by atoms with Gasteiger partial charge in [-0.3, -0.25) is 4.57 Å². The maximum absolute atomic E-state index is 6.19. The van der Waals surface area contributed by atoms with Gasteiger partial charge in [-0.25, -0.2) is 0 Å². The van der Waals surface area contributed by atoms with Crippen molar-refractivity contribution >= 4 is 11.8 Å². The third-order valence-electron chi connectivity index (χ3n) is 6.01. The zero-order valence-electron chi connectivity index (χ0n) is 18.9. The van der Waals surface area contributed by atoms with Crippen LogP contribution in [0.5, 0.6) is 5.75 Å². The molecule has 1 aromatic heterocycles. The van der Waals surface area contributed by atoms with Crippen molar-refractivity contribution in [2.24, 2.45) is 0 Å². The van der Waals surface area contributed by atoms with Crippen LogP contribution < -0.4 is 4.74 Å². The first-order chi connectivity index (χ1) is 15.1. The van der Waals surface area contributed by atoms with Crippen LogP contribution >= 0.6 is 11.8 Å². The fourth-order valence-corrected chi connectivity index (χ4v) is 5.12. The van der Waals surface area contributed by atoms with Crippen molar-refractivity contribution in [2.45, 2.75) is 69.9 Å². The van der Waals surface area contributed by atoms with E-state index in [1.54, 1.807) is 11.8 Å². The third kappa shape index (κ3) is 5.32. The second-order valence-corrected chi connectivity index (χ2v) is 9.80. The van der Waals surface area contributed by atoms with Crippen molar-refractivity contribution in [3.05, 3.63) is 65.5 Å². The molecule has 1 aliphatic rings. The molecule has 1 fully saturated rings. The van der Waals surface area contributed by atoms with Gasteiger partial charge in [-0.2, -0.15) is 0 Å². The van der Waals surface area contributed by atoms with Crippen molar-refractivity contribution in [3.63, 3.8) is 0 Å². The van der Waals surface area contributed by atoms with E-state index in [2.05, 4.69) is 84.1 Å². The van der Waals surface area contributed by atoms with Crippen molar-refractivity contribution in [1.82, 2.24) is 14.8 Å². The van der Waals surface area contributed by atoms with E-state index in [1.807, 2.05) is 0 Å². The van der Waals surface area contributed by atoms with Gasteiger partial charge < -0.3 is 4.74 Å². The minimum absolute atomic E-state index is 0.447. The number of hydrogen-bond donors (Lipinski definition) is 0. The SMILES string of the molecule is Cc1ccc(C(C)C)c(OCCSc2nnc(C3CCCCC3)n2-c2ccccc2)c1. The molecule has 0 aliphatic heterocycles. The van der Waals surface area contributed by atoms with E-state index < -0.39 is 0 Å². The Morgan fingerprint density at radius 1 is 1.03 bits per heavy atom.